The lowest BCUT2D eigenvalue weighted by Gasteiger charge is -2.24. The third-order valence-electron chi connectivity index (χ3n) is 2.30. The number of rotatable bonds is 1. The van der Waals surface area contributed by atoms with Crippen molar-refractivity contribution in [1.82, 2.24) is 0 Å². The van der Waals surface area contributed by atoms with E-state index in [2.05, 4.69) is 6.92 Å². The molecule has 1 fully saturated rings. The third kappa shape index (κ3) is 1.98. The number of aliphatic hydroxyl groups is 1. The molecule has 54 valence electrons. The van der Waals surface area contributed by atoms with Gasteiger partial charge in [-0.25, -0.2) is 0 Å². The van der Waals surface area contributed by atoms with Crippen LogP contribution < -0.4 is 0 Å². The minimum Gasteiger partial charge on any atom is -0.396 e. The Labute approximate surface area is 57.1 Å². The molecule has 0 radical (unpaired) electrons. The van der Waals surface area contributed by atoms with E-state index in [4.69, 9.17) is 5.11 Å². The Balaban J connectivity index is 2.23. The van der Waals surface area contributed by atoms with Gasteiger partial charge in [0, 0.05) is 6.61 Å². The van der Waals surface area contributed by atoms with Gasteiger partial charge in [-0.15, -0.1) is 0 Å². The van der Waals surface area contributed by atoms with Crippen LogP contribution in [-0.2, 0) is 0 Å². The summed E-state index contributed by atoms with van der Waals surface area (Å²) in [6, 6.07) is 0. The van der Waals surface area contributed by atoms with Gasteiger partial charge in [-0.1, -0.05) is 19.8 Å². The van der Waals surface area contributed by atoms with Crippen molar-refractivity contribution in [3.8, 4) is 0 Å². The first-order chi connectivity index (χ1) is 4.33. The molecule has 1 saturated carbocycles. The smallest absolute Gasteiger partial charge is 0.0459 e. The molecule has 0 heterocycles. The molecule has 1 N–H and O–H groups in total. The van der Waals surface area contributed by atoms with E-state index < -0.39 is 0 Å². The number of hydrogen-bond donors (Lipinski definition) is 1. The molecule has 0 saturated heterocycles. The fraction of sp³-hybridized carbons (Fsp3) is 1.00. The van der Waals surface area contributed by atoms with Gasteiger partial charge in [-0.05, 0) is 24.7 Å². The summed E-state index contributed by atoms with van der Waals surface area (Å²) in [5, 5.41) is 8.81. The Morgan fingerprint density at radius 2 is 2.22 bits per heavy atom. The van der Waals surface area contributed by atoms with E-state index >= 15 is 0 Å². The summed E-state index contributed by atoms with van der Waals surface area (Å²) in [4.78, 5) is 0. The van der Waals surface area contributed by atoms with Crippen molar-refractivity contribution in [3.05, 3.63) is 0 Å². The molecule has 0 aliphatic heterocycles. The summed E-state index contributed by atoms with van der Waals surface area (Å²) in [5.74, 6) is 1.48. The Morgan fingerprint density at radius 3 is 2.67 bits per heavy atom. The van der Waals surface area contributed by atoms with Gasteiger partial charge in [0.1, 0.15) is 0 Å². The zero-order valence-electron chi connectivity index (χ0n) is 6.14. The van der Waals surface area contributed by atoms with Gasteiger partial charge in [0.15, 0.2) is 0 Å². The van der Waals surface area contributed by atoms with Crippen LogP contribution in [0.25, 0.3) is 0 Å². The van der Waals surface area contributed by atoms with Gasteiger partial charge < -0.3 is 5.11 Å². The first-order valence-corrected chi connectivity index (χ1v) is 3.93. The first kappa shape index (κ1) is 7.07. The van der Waals surface area contributed by atoms with E-state index in [-0.39, 0.29) is 0 Å². The van der Waals surface area contributed by atoms with Crippen LogP contribution in [0.1, 0.15) is 32.6 Å². The molecule has 0 bridgehead atoms. The molecule has 1 heteroatoms. The highest BCUT2D eigenvalue weighted by Gasteiger charge is 2.17. The van der Waals surface area contributed by atoms with Crippen molar-refractivity contribution in [2.45, 2.75) is 32.6 Å². The fourth-order valence-electron chi connectivity index (χ4n) is 1.73. The molecule has 0 aromatic rings. The molecular weight excluding hydrogens is 112 g/mol. The van der Waals surface area contributed by atoms with Crippen LogP contribution in [0.2, 0.25) is 0 Å². The molecule has 0 aromatic heterocycles. The van der Waals surface area contributed by atoms with Gasteiger partial charge in [-0.3, -0.25) is 0 Å². The Bertz CT molecular complexity index is 80.6. The second kappa shape index (κ2) is 3.21. The molecule has 0 amide bonds. The highest BCUT2D eigenvalue weighted by Crippen LogP contribution is 2.27. The molecule has 0 spiro atoms. The minimum absolute atomic E-state index is 0.407. The topological polar surface area (TPSA) is 20.2 Å². The van der Waals surface area contributed by atoms with Crippen LogP contribution in [0, 0.1) is 11.8 Å². The zero-order valence-corrected chi connectivity index (χ0v) is 6.14. The van der Waals surface area contributed by atoms with Gasteiger partial charge in [0.25, 0.3) is 0 Å². The molecule has 1 nitrogen and oxygen atoms in total. The van der Waals surface area contributed by atoms with Crippen molar-refractivity contribution in [2.75, 3.05) is 6.61 Å². The summed E-state index contributed by atoms with van der Waals surface area (Å²) in [6.07, 6.45) is 5.19. The van der Waals surface area contributed by atoms with E-state index in [0.717, 1.165) is 5.92 Å². The van der Waals surface area contributed by atoms with Crippen molar-refractivity contribution >= 4 is 0 Å². The van der Waals surface area contributed by atoms with Crippen molar-refractivity contribution in [2.24, 2.45) is 11.8 Å². The molecular formula is C8H16O. The maximum Gasteiger partial charge on any atom is 0.0459 e. The van der Waals surface area contributed by atoms with E-state index in [1.807, 2.05) is 0 Å². The Kier molecular flexibility index (Phi) is 2.52. The van der Waals surface area contributed by atoms with Crippen LogP contribution in [0.15, 0.2) is 0 Å². The summed E-state index contributed by atoms with van der Waals surface area (Å²) in [6.45, 7) is 2.69. The van der Waals surface area contributed by atoms with Gasteiger partial charge >= 0.3 is 0 Å². The first-order valence-electron chi connectivity index (χ1n) is 3.93. The monoisotopic (exact) mass is 128 g/mol. The van der Waals surface area contributed by atoms with Crippen molar-refractivity contribution < 1.29 is 5.11 Å². The van der Waals surface area contributed by atoms with Crippen LogP contribution in [0.3, 0.4) is 0 Å². The van der Waals surface area contributed by atoms with E-state index in [9.17, 15) is 0 Å². The number of hydrogen-bond acceptors (Lipinski definition) is 1. The average molecular weight is 128 g/mol. The standard InChI is InChI=1S/C8H16O/c1-7-3-2-4-8(5-7)6-9/h7-9H,2-6H2,1H3/t7-,8?/m1/s1. The quantitative estimate of drug-likeness (QED) is 0.571. The predicted molar refractivity (Wildman–Crippen MR) is 38.2 cm³/mol. The van der Waals surface area contributed by atoms with E-state index in [1.54, 1.807) is 0 Å². The molecule has 1 aliphatic rings. The van der Waals surface area contributed by atoms with Gasteiger partial charge in [-0.2, -0.15) is 0 Å². The molecule has 9 heavy (non-hydrogen) atoms. The lowest BCUT2D eigenvalue weighted by molar-refractivity contribution is 0.166. The van der Waals surface area contributed by atoms with Gasteiger partial charge in [0.05, 0.1) is 0 Å². The van der Waals surface area contributed by atoms with E-state index in [1.165, 1.54) is 25.7 Å². The summed E-state index contributed by atoms with van der Waals surface area (Å²) in [5.41, 5.74) is 0. The Hall–Kier alpha value is -0.0400. The van der Waals surface area contributed by atoms with Gasteiger partial charge in [0.2, 0.25) is 0 Å². The second-order valence-electron chi connectivity index (χ2n) is 3.32. The molecule has 1 unspecified atom stereocenters. The van der Waals surface area contributed by atoms with Crippen LogP contribution in [0.4, 0.5) is 0 Å². The van der Waals surface area contributed by atoms with Crippen LogP contribution in [-0.4, -0.2) is 11.7 Å². The average Bonchev–Trinajstić information content (AvgIpc) is 1.88. The van der Waals surface area contributed by atoms with Crippen LogP contribution >= 0.6 is 0 Å². The zero-order chi connectivity index (χ0) is 6.69. The summed E-state index contributed by atoms with van der Waals surface area (Å²) < 4.78 is 0. The number of aliphatic hydroxyl groups excluding tert-OH is 1. The normalized spacial score (nSPS) is 36.7. The molecule has 1 rings (SSSR count). The largest absolute Gasteiger partial charge is 0.396 e. The molecule has 0 aromatic carbocycles. The van der Waals surface area contributed by atoms with Crippen molar-refractivity contribution in [3.63, 3.8) is 0 Å². The van der Waals surface area contributed by atoms with Crippen molar-refractivity contribution in [1.29, 1.82) is 0 Å². The Morgan fingerprint density at radius 1 is 1.44 bits per heavy atom. The minimum atomic E-state index is 0.407. The summed E-state index contributed by atoms with van der Waals surface area (Å²) in [7, 11) is 0. The predicted octanol–water partition coefficient (Wildman–Crippen LogP) is 1.80. The van der Waals surface area contributed by atoms with Crippen LogP contribution in [0.5, 0.6) is 0 Å². The molecule has 1 aliphatic carbocycles. The fourth-order valence-corrected chi connectivity index (χ4v) is 1.73. The summed E-state index contributed by atoms with van der Waals surface area (Å²) >= 11 is 0. The van der Waals surface area contributed by atoms with E-state index in [0.29, 0.717) is 12.5 Å². The third-order valence-corrected chi connectivity index (χ3v) is 2.30. The lowest BCUT2D eigenvalue weighted by Crippen LogP contribution is -2.15. The lowest BCUT2D eigenvalue weighted by atomic mass is 9.83. The highest BCUT2D eigenvalue weighted by molar-refractivity contribution is 4.68. The second-order valence-corrected chi connectivity index (χ2v) is 3.32. The SMILES string of the molecule is C[C@@H]1CCCC(CO)C1. The maximum absolute atomic E-state index is 8.81. The molecule has 2 atom stereocenters. The maximum atomic E-state index is 8.81. The highest BCUT2D eigenvalue weighted by atomic mass is 16.3.